The summed E-state index contributed by atoms with van der Waals surface area (Å²) in [7, 11) is -3.64. The molecular weight excluding hydrogens is 272 g/mol. The number of anilines is 1. The predicted octanol–water partition coefficient (Wildman–Crippen LogP) is 2.83. The average Bonchev–Trinajstić information content (AvgIpc) is 2.48. The number of fused-ring (bicyclic) bond motifs is 1. The number of amidine groups is 1. The van der Waals surface area contributed by atoms with Crippen LogP contribution in [0.1, 0.15) is 12.0 Å². The van der Waals surface area contributed by atoms with E-state index in [2.05, 4.69) is 9.71 Å². The lowest BCUT2D eigenvalue weighted by Gasteiger charge is -2.19. The molecule has 2 aromatic rings. The molecule has 1 aliphatic heterocycles. The van der Waals surface area contributed by atoms with Gasteiger partial charge in [-0.05, 0) is 30.2 Å². The molecule has 0 atom stereocenters. The molecule has 0 radical (unpaired) electrons. The maximum Gasteiger partial charge on any atom is 0.283 e. The molecule has 0 aromatic heterocycles. The first-order valence-corrected chi connectivity index (χ1v) is 7.83. The van der Waals surface area contributed by atoms with Gasteiger partial charge < -0.3 is 5.32 Å². The van der Waals surface area contributed by atoms with Crippen LogP contribution in [-0.2, 0) is 16.4 Å². The maximum atomic E-state index is 12.2. The molecule has 1 N–H and O–H groups in total. The molecule has 2 aromatic carbocycles. The van der Waals surface area contributed by atoms with E-state index in [1.165, 1.54) is 5.56 Å². The van der Waals surface area contributed by atoms with Gasteiger partial charge in [0, 0.05) is 12.1 Å². The van der Waals surface area contributed by atoms with Gasteiger partial charge in [-0.1, -0.05) is 36.4 Å². The van der Waals surface area contributed by atoms with E-state index in [9.17, 15) is 8.42 Å². The fourth-order valence-corrected chi connectivity index (χ4v) is 3.22. The minimum Gasteiger partial charge on any atom is -0.343 e. The Labute approximate surface area is 118 Å². The fraction of sp³-hybridized carbons (Fsp3) is 0.133. The zero-order valence-electron chi connectivity index (χ0n) is 10.8. The zero-order valence-corrected chi connectivity index (χ0v) is 11.6. The van der Waals surface area contributed by atoms with Crippen LogP contribution in [0, 0.1) is 0 Å². The number of aryl methyl sites for hydroxylation is 1. The van der Waals surface area contributed by atoms with Gasteiger partial charge in [-0.15, -0.1) is 4.40 Å². The Bertz CT molecular complexity index is 752. The van der Waals surface area contributed by atoms with E-state index in [1.54, 1.807) is 30.3 Å². The highest BCUT2D eigenvalue weighted by atomic mass is 32.2. The lowest BCUT2D eigenvalue weighted by atomic mass is 10.0. The smallest absolute Gasteiger partial charge is 0.283 e. The second kappa shape index (κ2) is 5.09. The summed E-state index contributed by atoms with van der Waals surface area (Å²) in [5, 5.41) is 3.09. The first-order chi connectivity index (χ1) is 9.65. The Kier molecular flexibility index (Phi) is 3.28. The molecule has 0 spiro atoms. The molecule has 0 unspecified atom stereocenters. The van der Waals surface area contributed by atoms with Gasteiger partial charge in [0.2, 0.25) is 0 Å². The summed E-state index contributed by atoms with van der Waals surface area (Å²) in [6.07, 6.45) is 1.40. The lowest BCUT2D eigenvalue weighted by Crippen LogP contribution is -2.21. The monoisotopic (exact) mass is 286 g/mol. The van der Waals surface area contributed by atoms with Crippen LogP contribution >= 0.6 is 0 Å². The molecule has 5 heteroatoms. The first kappa shape index (κ1) is 12.9. The van der Waals surface area contributed by atoms with Crippen molar-refractivity contribution in [3.63, 3.8) is 0 Å². The van der Waals surface area contributed by atoms with Crippen molar-refractivity contribution in [2.45, 2.75) is 17.7 Å². The van der Waals surface area contributed by atoms with Gasteiger partial charge in [-0.25, -0.2) is 0 Å². The zero-order chi connectivity index (χ0) is 14.0. The summed E-state index contributed by atoms with van der Waals surface area (Å²) in [6.45, 7) is 0. The van der Waals surface area contributed by atoms with Crippen molar-refractivity contribution >= 4 is 21.5 Å². The van der Waals surface area contributed by atoms with Gasteiger partial charge in [0.05, 0.1) is 4.90 Å². The van der Waals surface area contributed by atoms with Gasteiger partial charge in [-0.3, -0.25) is 0 Å². The number of benzene rings is 2. The summed E-state index contributed by atoms with van der Waals surface area (Å²) in [6, 6.07) is 16.1. The molecule has 1 aliphatic rings. The third-order valence-electron chi connectivity index (χ3n) is 3.20. The van der Waals surface area contributed by atoms with Crippen molar-refractivity contribution in [2.75, 3.05) is 5.32 Å². The highest BCUT2D eigenvalue weighted by Gasteiger charge is 2.17. The number of sulfonamides is 1. The minimum absolute atomic E-state index is 0.216. The fourth-order valence-electron chi connectivity index (χ4n) is 2.19. The van der Waals surface area contributed by atoms with E-state index in [0.29, 0.717) is 12.3 Å². The Balaban J connectivity index is 1.91. The molecule has 20 heavy (non-hydrogen) atoms. The molecule has 0 fully saturated rings. The molecule has 0 bridgehead atoms. The number of hydrogen-bond acceptors (Lipinski definition) is 2. The van der Waals surface area contributed by atoms with Crippen LogP contribution in [0.4, 0.5) is 5.69 Å². The molecule has 102 valence electrons. The molecule has 0 saturated heterocycles. The van der Waals surface area contributed by atoms with Gasteiger partial charge >= 0.3 is 0 Å². The van der Waals surface area contributed by atoms with Crippen LogP contribution in [0.5, 0.6) is 0 Å². The van der Waals surface area contributed by atoms with Crippen molar-refractivity contribution in [3.8, 4) is 0 Å². The van der Waals surface area contributed by atoms with Crippen molar-refractivity contribution in [3.05, 3.63) is 60.2 Å². The maximum absolute atomic E-state index is 12.2. The second-order valence-corrected chi connectivity index (χ2v) is 6.21. The molecule has 0 aliphatic carbocycles. The number of nitrogens with one attached hydrogen (secondary N) is 1. The van der Waals surface area contributed by atoms with Gasteiger partial charge in [0.15, 0.2) is 0 Å². The van der Waals surface area contributed by atoms with Crippen LogP contribution in [0.3, 0.4) is 0 Å². The molecular formula is C15H14N2O2S. The number of rotatable bonds is 2. The van der Waals surface area contributed by atoms with Crippen LogP contribution in [-0.4, -0.2) is 14.3 Å². The van der Waals surface area contributed by atoms with Crippen LogP contribution in [0.2, 0.25) is 0 Å². The Morgan fingerprint density at radius 1 is 0.900 bits per heavy atom. The second-order valence-electron chi connectivity index (χ2n) is 4.61. The number of para-hydroxylation sites is 1. The Morgan fingerprint density at radius 2 is 1.60 bits per heavy atom. The summed E-state index contributed by atoms with van der Waals surface area (Å²) >= 11 is 0. The lowest BCUT2D eigenvalue weighted by molar-refractivity contribution is 0.598. The summed E-state index contributed by atoms with van der Waals surface area (Å²) in [5.41, 5.74) is 2.12. The third kappa shape index (κ3) is 2.58. The Hall–Kier alpha value is -2.14. The van der Waals surface area contributed by atoms with Gasteiger partial charge in [0.25, 0.3) is 10.0 Å². The van der Waals surface area contributed by atoms with Crippen molar-refractivity contribution < 1.29 is 8.42 Å². The largest absolute Gasteiger partial charge is 0.343 e. The number of hydrogen-bond donors (Lipinski definition) is 1. The molecule has 0 saturated carbocycles. The van der Waals surface area contributed by atoms with E-state index in [1.807, 2.05) is 24.3 Å². The van der Waals surface area contributed by atoms with E-state index in [0.717, 1.165) is 12.1 Å². The number of nitrogens with zero attached hydrogens (tertiary/aromatic N) is 1. The van der Waals surface area contributed by atoms with Crippen molar-refractivity contribution in [2.24, 2.45) is 4.40 Å². The highest BCUT2D eigenvalue weighted by molar-refractivity contribution is 7.90. The normalized spacial score (nSPS) is 16.5. The molecule has 4 nitrogen and oxygen atoms in total. The minimum atomic E-state index is -3.64. The van der Waals surface area contributed by atoms with E-state index < -0.39 is 10.0 Å². The molecule has 1 heterocycles. The van der Waals surface area contributed by atoms with Gasteiger partial charge in [0.1, 0.15) is 5.84 Å². The van der Waals surface area contributed by atoms with E-state index >= 15 is 0 Å². The third-order valence-corrected chi connectivity index (χ3v) is 4.53. The van der Waals surface area contributed by atoms with Crippen molar-refractivity contribution in [1.82, 2.24) is 0 Å². The topological polar surface area (TPSA) is 58.5 Å². The molecule has 0 amide bonds. The quantitative estimate of drug-likeness (QED) is 0.923. The highest BCUT2D eigenvalue weighted by Crippen LogP contribution is 2.23. The van der Waals surface area contributed by atoms with Crippen LogP contribution in [0.15, 0.2) is 63.9 Å². The first-order valence-electron chi connectivity index (χ1n) is 6.39. The van der Waals surface area contributed by atoms with Crippen molar-refractivity contribution in [1.29, 1.82) is 0 Å². The van der Waals surface area contributed by atoms with E-state index in [4.69, 9.17) is 0 Å². The SMILES string of the molecule is O=S(=O)(N=C1CCc2ccccc2N1)c1ccccc1. The van der Waals surface area contributed by atoms with Crippen LogP contribution in [0.25, 0.3) is 0 Å². The molecule has 3 rings (SSSR count). The van der Waals surface area contributed by atoms with Gasteiger partial charge in [-0.2, -0.15) is 8.42 Å². The summed E-state index contributed by atoms with van der Waals surface area (Å²) < 4.78 is 28.3. The summed E-state index contributed by atoms with van der Waals surface area (Å²) in [4.78, 5) is 0.216. The van der Waals surface area contributed by atoms with E-state index in [-0.39, 0.29) is 4.90 Å². The Morgan fingerprint density at radius 3 is 2.40 bits per heavy atom. The predicted molar refractivity (Wildman–Crippen MR) is 79.4 cm³/mol. The van der Waals surface area contributed by atoms with Crippen LogP contribution < -0.4 is 5.32 Å². The summed E-state index contributed by atoms with van der Waals surface area (Å²) in [5.74, 6) is 0.493. The average molecular weight is 286 g/mol. The standard InChI is InChI=1S/C15H14N2O2S/c18-20(19,13-7-2-1-3-8-13)17-15-11-10-12-6-4-5-9-14(12)16-15/h1-9H,10-11H2,(H,16,17).